The van der Waals surface area contributed by atoms with Gasteiger partial charge in [-0.25, -0.2) is 0 Å². The van der Waals surface area contributed by atoms with Crippen LogP contribution in [-0.4, -0.2) is 29.2 Å². The Morgan fingerprint density at radius 1 is 0.720 bits per heavy atom. The molecule has 5 aliphatic heterocycles. The molecule has 5 aliphatic rings. The third kappa shape index (κ3) is 3.86. The van der Waals surface area contributed by atoms with Crippen LogP contribution in [0.4, 0.5) is 0 Å². The molecule has 0 spiro atoms. The summed E-state index contributed by atoms with van der Waals surface area (Å²) in [6.07, 6.45) is 15.6. The molecule has 0 radical (unpaired) electrons. The van der Waals surface area contributed by atoms with E-state index in [4.69, 9.17) is 15.0 Å². The molecule has 0 aromatic carbocycles. The minimum absolute atomic E-state index is 0. The van der Waals surface area contributed by atoms with E-state index in [0.29, 0.717) is 12.1 Å². The molecule has 0 aromatic rings. The summed E-state index contributed by atoms with van der Waals surface area (Å²) in [5.74, 6) is 0. The average molecular weight is 396 g/mol. The van der Waals surface area contributed by atoms with Crippen molar-refractivity contribution in [1.29, 1.82) is 0 Å². The Morgan fingerprint density at radius 3 is 2.00 bits per heavy atom. The Hall–Kier alpha value is -1.10. The Balaban J connectivity index is 0.000000911. The predicted octanol–water partition coefficient (Wildman–Crippen LogP) is 3.59. The molecule has 0 aliphatic carbocycles. The minimum atomic E-state index is 0. The number of hydrogen-bond donors (Lipinski definition) is 1. The van der Waals surface area contributed by atoms with Gasteiger partial charge in [0.05, 0.1) is 12.1 Å². The quantitative estimate of drug-likeness (QED) is 0.625. The summed E-state index contributed by atoms with van der Waals surface area (Å²) in [5, 5.41) is 3.57. The molecular formula is C19H24FeN4S. The van der Waals surface area contributed by atoms with Gasteiger partial charge in [0.15, 0.2) is 0 Å². The van der Waals surface area contributed by atoms with Crippen LogP contribution in [0.5, 0.6) is 0 Å². The summed E-state index contributed by atoms with van der Waals surface area (Å²) in [7, 11) is 0. The molecule has 5 heterocycles. The first-order valence-electron chi connectivity index (χ1n) is 8.91. The van der Waals surface area contributed by atoms with E-state index in [9.17, 15) is 0 Å². The van der Waals surface area contributed by atoms with Gasteiger partial charge in [-0.3, -0.25) is 15.0 Å². The summed E-state index contributed by atoms with van der Waals surface area (Å²) in [6.45, 7) is 0. The molecule has 8 bridgehead atoms. The van der Waals surface area contributed by atoms with Crippen molar-refractivity contribution in [2.24, 2.45) is 15.0 Å². The SMILES string of the molecule is C1=C2CCC(=CC3=NC(CC3)C3CCC(=N3)/C=C3/CCC1=N3)N2.S.[Fe]. The molecule has 25 heavy (non-hydrogen) atoms. The normalized spacial score (nSPS) is 31.5. The average Bonchev–Trinajstić information content (AvgIpc) is 3.28. The third-order valence-electron chi connectivity index (χ3n) is 5.42. The minimum Gasteiger partial charge on any atom is -0.362 e. The van der Waals surface area contributed by atoms with E-state index in [2.05, 4.69) is 23.5 Å². The van der Waals surface area contributed by atoms with Crippen molar-refractivity contribution in [2.75, 3.05) is 0 Å². The van der Waals surface area contributed by atoms with E-state index in [1.807, 2.05) is 0 Å². The first-order chi connectivity index (χ1) is 11.3. The van der Waals surface area contributed by atoms with Gasteiger partial charge in [0.1, 0.15) is 0 Å². The van der Waals surface area contributed by atoms with Gasteiger partial charge in [0.2, 0.25) is 0 Å². The molecule has 2 unspecified atom stereocenters. The van der Waals surface area contributed by atoms with Crippen molar-refractivity contribution in [3.05, 3.63) is 35.3 Å². The number of aliphatic imine (C=N–C) groups is 3. The molecule has 4 nitrogen and oxygen atoms in total. The summed E-state index contributed by atoms with van der Waals surface area (Å²) < 4.78 is 0. The molecule has 0 saturated carbocycles. The van der Waals surface area contributed by atoms with Crippen molar-refractivity contribution < 1.29 is 17.1 Å². The van der Waals surface area contributed by atoms with E-state index >= 15 is 0 Å². The van der Waals surface area contributed by atoms with Crippen molar-refractivity contribution >= 4 is 30.6 Å². The van der Waals surface area contributed by atoms with E-state index in [-0.39, 0.29) is 30.6 Å². The topological polar surface area (TPSA) is 49.1 Å². The fourth-order valence-electron chi connectivity index (χ4n) is 4.22. The Labute approximate surface area is 166 Å². The van der Waals surface area contributed by atoms with Crippen LogP contribution in [0.15, 0.2) is 50.3 Å². The second-order valence-corrected chi connectivity index (χ2v) is 7.16. The summed E-state index contributed by atoms with van der Waals surface area (Å²) in [4.78, 5) is 14.7. The molecule has 0 amide bonds. The molecule has 1 N–H and O–H groups in total. The van der Waals surface area contributed by atoms with Crippen LogP contribution < -0.4 is 5.32 Å². The maximum Gasteiger partial charge on any atom is 0.0730 e. The Kier molecular flexibility index (Phi) is 5.71. The smallest absolute Gasteiger partial charge is 0.0730 e. The predicted molar refractivity (Wildman–Crippen MR) is 105 cm³/mol. The number of fused-ring (bicyclic) bond motifs is 6. The van der Waals surface area contributed by atoms with Crippen LogP contribution in [0.25, 0.3) is 0 Å². The van der Waals surface area contributed by atoms with E-state index in [1.54, 1.807) is 0 Å². The van der Waals surface area contributed by atoms with Gasteiger partial charge in [-0.2, -0.15) is 13.5 Å². The van der Waals surface area contributed by atoms with E-state index in [0.717, 1.165) is 51.4 Å². The van der Waals surface area contributed by atoms with Gasteiger partial charge in [0, 0.05) is 51.3 Å². The fourth-order valence-corrected chi connectivity index (χ4v) is 4.22. The van der Waals surface area contributed by atoms with Gasteiger partial charge < -0.3 is 5.32 Å². The molecular weight excluding hydrogens is 372 g/mol. The fraction of sp³-hybridized carbons (Fsp3) is 0.526. The van der Waals surface area contributed by atoms with Crippen molar-refractivity contribution in [3.63, 3.8) is 0 Å². The number of nitrogens with zero attached hydrogens (tertiary/aromatic N) is 3. The molecule has 0 aromatic heterocycles. The number of hydrogen-bond acceptors (Lipinski definition) is 4. The second kappa shape index (κ2) is 7.65. The first kappa shape index (κ1) is 18.7. The largest absolute Gasteiger partial charge is 0.362 e. The van der Waals surface area contributed by atoms with Crippen molar-refractivity contribution in [2.45, 2.75) is 63.5 Å². The standard InChI is InChI=1S/C19H22N4.Fe.H2S/c1-3-14-10-16-5-7-18(22-16)19-8-6-17(23-19)11-15-4-2-13(21-15)9-12(1)20-14;;/h9-11,18-20H,1-8H2;;1H2/b12-9?,14-10?,15-11-;;. The van der Waals surface area contributed by atoms with Crippen LogP contribution >= 0.6 is 13.5 Å². The Morgan fingerprint density at radius 2 is 1.32 bits per heavy atom. The van der Waals surface area contributed by atoms with Crippen molar-refractivity contribution in [3.8, 4) is 0 Å². The van der Waals surface area contributed by atoms with Gasteiger partial charge in [-0.1, -0.05) is 0 Å². The maximum absolute atomic E-state index is 4.97. The molecule has 1 fully saturated rings. The van der Waals surface area contributed by atoms with Crippen molar-refractivity contribution in [1.82, 2.24) is 5.32 Å². The zero-order valence-electron chi connectivity index (χ0n) is 14.2. The monoisotopic (exact) mass is 396 g/mol. The number of nitrogens with one attached hydrogen (secondary N) is 1. The van der Waals surface area contributed by atoms with Crippen LogP contribution in [0.1, 0.15) is 51.4 Å². The van der Waals surface area contributed by atoms with E-state index in [1.165, 1.54) is 34.2 Å². The zero-order valence-corrected chi connectivity index (χ0v) is 16.3. The molecule has 134 valence electrons. The summed E-state index contributed by atoms with van der Waals surface area (Å²) >= 11 is 0. The number of allylic oxidation sites excluding steroid dienone is 6. The van der Waals surface area contributed by atoms with Crippen LogP contribution in [0, 0.1) is 0 Å². The zero-order chi connectivity index (χ0) is 15.2. The molecule has 6 heteroatoms. The Bertz CT molecular complexity index is 745. The van der Waals surface area contributed by atoms with Crippen LogP contribution in [0.2, 0.25) is 0 Å². The first-order valence-corrected chi connectivity index (χ1v) is 8.91. The van der Waals surface area contributed by atoms with Crippen LogP contribution in [0.3, 0.4) is 0 Å². The van der Waals surface area contributed by atoms with Crippen LogP contribution in [-0.2, 0) is 17.1 Å². The van der Waals surface area contributed by atoms with E-state index < -0.39 is 0 Å². The van der Waals surface area contributed by atoms with Gasteiger partial charge in [-0.05, 0) is 69.6 Å². The second-order valence-electron chi connectivity index (χ2n) is 7.16. The number of rotatable bonds is 0. The molecule has 2 atom stereocenters. The molecule has 1 saturated heterocycles. The molecule has 5 rings (SSSR count). The van der Waals surface area contributed by atoms with Gasteiger partial charge in [-0.15, -0.1) is 0 Å². The van der Waals surface area contributed by atoms with Gasteiger partial charge >= 0.3 is 0 Å². The third-order valence-corrected chi connectivity index (χ3v) is 5.42. The van der Waals surface area contributed by atoms with Gasteiger partial charge in [0.25, 0.3) is 0 Å². The summed E-state index contributed by atoms with van der Waals surface area (Å²) in [6, 6.07) is 0.778. The summed E-state index contributed by atoms with van der Waals surface area (Å²) in [5.41, 5.74) is 7.53. The maximum atomic E-state index is 4.97.